The minimum atomic E-state index is -0.147. The summed E-state index contributed by atoms with van der Waals surface area (Å²) >= 11 is 7.97. The molecule has 0 fully saturated rings. The summed E-state index contributed by atoms with van der Waals surface area (Å²) in [4.78, 5) is 19.2. The van der Waals surface area contributed by atoms with E-state index in [-0.39, 0.29) is 12.5 Å². The van der Waals surface area contributed by atoms with Crippen molar-refractivity contribution in [3.05, 3.63) is 69.1 Å². The third kappa shape index (κ3) is 5.41. The van der Waals surface area contributed by atoms with Crippen LogP contribution in [0.4, 0.5) is 10.7 Å². The normalized spacial score (nSPS) is 12.7. The summed E-state index contributed by atoms with van der Waals surface area (Å²) < 4.78 is 11.1. The molecule has 2 aromatic carbocycles. The number of hydrogen-bond donors (Lipinski definition) is 1. The number of anilines is 1. The minimum absolute atomic E-state index is 0.131. The van der Waals surface area contributed by atoms with E-state index < -0.39 is 0 Å². The fourth-order valence-corrected chi connectivity index (χ4v) is 5.40. The van der Waals surface area contributed by atoms with Gasteiger partial charge in [-0.05, 0) is 68.0 Å². The molecule has 1 N–H and O–H groups in total. The number of benzene rings is 2. The second-order valence-corrected chi connectivity index (χ2v) is 9.17. The van der Waals surface area contributed by atoms with Crippen molar-refractivity contribution in [2.24, 2.45) is 4.99 Å². The third-order valence-corrected chi connectivity index (χ3v) is 6.84. The summed E-state index contributed by atoms with van der Waals surface area (Å²) in [5.74, 6) is 0.627. The van der Waals surface area contributed by atoms with Gasteiger partial charge in [0, 0.05) is 16.8 Å². The van der Waals surface area contributed by atoms with Gasteiger partial charge in [0.1, 0.15) is 11.1 Å². The molecule has 0 spiro atoms. The van der Waals surface area contributed by atoms with E-state index >= 15 is 0 Å². The number of para-hydroxylation sites is 1. The summed E-state index contributed by atoms with van der Waals surface area (Å²) in [7, 11) is 0. The van der Waals surface area contributed by atoms with Crippen molar-refractivity contribution >= 4 is 45.7 Å². The molecule has 1 aliphatic carbocycles. The van der Waals surface area contributed by atoms with E-state index in [9.17, 15) is 4.79 Å². The SMILES string of the molecule is CCOc1cc(C=Nc2sc3c(c2C(=O)Nc2ccccc2)CCCC3)cc(Cl)c1OCC#N. The van der Waals surface area contributed by atoms with Crippen molar-refractivity contribution in [3.63, 3.8) is 0 Å². The van der Waals surface area contributed by atoms with Crippen LogP contribution in [0.5, 0.6) is 11.5 Å². The van der Waals surface area contributed by atoms with E-state index in [1.807, 2.05) is 43.3 Å². The van der Waals surface area contributed by atoms with Gasteiger partial charge in [0.25, 0.3) is 5.91 Å². The van der Waals surface area contributed by atoms with Gasteiger partial charge in [0.2, 0.25) is 0 Å². The Hall–Kier alpha value is -3.34. The number of carbonyl (C=O) groups is 1. The third-order valence-electron chi connectivity index (χ3n) is 5.36. The van der Waals surface area contributed by atoms with Crippen molar-refractivity contribution < 1.29 is 14.3 Å². The first kappa shape index (κ1) is 23.8. The molecule has 0 aliphatic heterocycles. The van der Waals surface area contributed by atoms with Gasteiger partial charge < -0.3 is 14.8 Å². The quantitative estimate of drug-likeness (QED) is 0.359. The van der Waals surface area contributed by atoms with Crippen LogP contribution in [0.1, 0.15) is 46.1 Å². The minimum Gasteiger partial charge on any atom is -0.490 e. The van der Waals surface area contributed by atoms with E-state index in [0.29, 0.717) is 39.3 Å². The molecule has 0 saturated carbocycles. The Kier molecular flexibility index (Phi) is 7.84. The Bertz CT molecular complexity index is 1250. The average Bonchev–Trinajstić information content (AvgIpc) is 3.22. The molecular weight excluding hydrogens is 470 g/mol. The highest BCUT2D eigenvalue weighted by Crippen LogP contribution is 2.41. The van der Waals surface area contributed by atoms with Gasteiger partial charge in [-0.25, -0.2) is 4.99 Å². The summed E-state index contributed by atoms with van der Waals surface area (Å²) in [6.45, 7) is 2.14. The molecule has 3 aromatic rings. The zero-order valence-corrected chi connectivity index (χ0v) is 20.3. The Morgan fingerprint density at radius 2 is 2.03 bits per heavy atom. The molecule has 1 heterocycles. The maximum atomic E-state index is 13.3. The predicted molar refractivity (Wildman–Crippen MR) is 136 cm³/mol. The zero-order valence-electron chi connectivity index (χ0n) is 18.8. The van der Waals surface area contributed by atoms with Gasteiger partial charge in [-0.15, -0.1) is 11.3 Å². The van der Waals surface area contributed by atoms with Gasteiger partial charge >= 0.3 is 0 Å². The number of fused-ring (bicyclic) bond motifs is 1. The van der Waals surface area contributed by atoms with Crippen LogP contribution in [-0.2, 0) is 12.8 Å². The molecule has 6 nitrogen and oxygen atoms in total. The predicted octanol–water partition coefficient (Wildman–Crippen LogP) is 6.58. The first-order valence-corrected chi connectivity index (χ1v) is 12.3. The highest BCUT2D eigenvalue weighted by Gasteiger charge is 2.25. The van der Waals surface area contributed by atoms with Crippen LogP contribution in [0.3, 0.4) is 0 Å². The molecule has 0 saturated heterocycles. The molecule has 8 heteroatoms. The lowest BCUT2D eigenvalue weighted by Crippen LogP contribution is -2.14. The number of amides is 1. The maximum Gasteiger partial charge on any atom is 0.259 e. The molecule has 0 bridgehead atoms. The van der Waals surface area contributed by atoms with Crippen molar-refractivity contribution in [1.82, 2.24) is 0 Å². The highest BCUT2D eigenvalue weighted by molar-refractivity contribution is 7.16. The maximum absolute atomic E-state index is 13.3. The average molecular weight is 494 g/mol. The summed E-state index contributed by atoms with van der Waals surface area (Å²) in [5.41, 5.74) is 3.20. The monoisotopic (exact) mass is 493 g/mol. The Labute approximate surface area is 207 Å². The number of ether oxygens (including phenoxy) is 2. The second kappa shape index (κ2) is 11.2. The number of thiophene rings is 1. The summed E-state index contributed by atoms with van der Waals surface area (Å²) in [6, 6.07) is 14.8. The van der Waals surface area contributed by atoms with Gasteiger partial charge in [-0.3, -0.25) is 4.79 Å². The van der Waals surface area contributed by atoms with Crippen molar-refractivity contribution in [3.8, 4) is 17.6 Å². The van der Waals surface area contributed by atoms with Crippen LogP contribution < -0.4 is 14.8 Å². The van der Waals surface area contributed by atoms with Crippen molar-refractivity contribution in [2.45, 2.75) is 32.6 Å². The molecular formula is C26H24ClN3O3S. The van der Waals surface area contributed by atoms with Crippen LogP contribution in [-0.4, -0.2) is 25.3 Å². The number of aliphatic imine (C=N–C) groups is 1. The van der Waals surface area contributed by atoms with E-state index in [1.54, 1.807) is 29.7 Å². The number of nitrogens with one attached hydrogen (secondary N) is 1. The molecule has 174 valence electrons. The standard InChI is InChI=1S/C26H24ClN3O3S/c1-2-32-21-15-17(14-20(27)24(21)33-13-12-28)16-29-26-23(19-10-6-7-11-22(19)34-26)25(31)30-18-8-4-3-5-9-18/h3-5,8-9,14-16H,2,6-7,10-11,13H2,1H3,(H,30,31). The molecule has 1 aromatic heterocycles. The lowest BCUT2D eigenvalue weighted by Gasteiger charge is -2.13. The molecule has 0 radical (unpaired) electrons. The molecule has 4 rings (SSSR count). The highest BCUT2D eigenvalue weighted by atomic mass is 35.5. The number of nitriles is 1. The van der Waals surface area contributed by atoms with Crippen LogP contribution in [0.15, 0.2) is 47.5 Å². The van der Waals surface area contributed by atoms with Crippen molar-refractivity contribution in [2.75, 3.05) is 18.5 Å². The molecule has 1 aliphatic rings. The number of carbonyl (C=O) groups excluding carboxylic acids is 1. The van der Waals surface area contributed by atoms with Crippen LogP contribution in [0, 0.1) is 11.3 Å². The Morgan fingerprint density at radius 1 is 1.24 bits per heavy atom. The fourth-order valence-electron chi connectivity index (χ4n) is 3.89. The number of hydrogen-bond acceptors (Lipinski definition) is 6. The topological polar surface area (TPSA) is 83.7 Å². The van der Waals surface area contributed by atoms with Crippen LogP contribution >= 0.6 is 22.9 Å². The number of nitrogens with zero attached hydrogens (tertiary/aromatic N) is 2. The summed E-state index contributed by atoms with van der Waals surface area (Å²) in [5, 5.41) is 12.8. The number of halogens is 1. The van der Waals surface area contributed by atoms with E-state index in [4.69, 9.17) is 31.3 Å². The van der Waals surface area contributed by atoms with Crippen LogP contribution in [0.2, 0.25) is 5.02 Å². The molecule has 0 atom stereocenters. The molecule has 1 amide bonds. The largest absolute Gasteiger partial charge is 0.490 e. The first-order valence-electron chi connectivity index (χ1n) is 11.1. The lowest BCUT2D eigenvalue weighted by molar-refractivity contribution is 0.102. The summed E-state index contributed by atoms with van der Waals surface area (Å²) in [6.07, 6.45) is 5.71. The zero-order chi connectivity index (χ0) is 23.9. The number of aryl methyl sites for hydroxylation is 1. The lowest BCUT2D eigenvalue weighted by atomic mass is 9.95. The van der Waals surface area contributed by atoms with E-state index in [1.165, 1.54) is 4.88 Å². The van der Waals surface area contributed by atoms with Gasteiger partial charge in [0.05, 0.1) is 17.2 Å². The fraction of sp³-hybridized carbons (Fsp3) is 0.269. The molecule has 0 unspecified atom stereocenters. The Balaban J connectivity index is 1.67. The van der Waals surface area contributed by atoms with Gasteiger partial charge in [0.15, 0.2) is 18.1 Å². The van der Waals surface area contributed by atoms with Gasteiger partial charge in [-0.1, -0.05) is 29.8 Å². The van der Waals surface area contributed by atoms with E-state index in [2.05, 4.69) is 5.32 Å². The molecule has 34 heavy (non-hydrogen) atoms. The Morgan fingerprint density at radius 3 is 2.79 bits per heavy atom. The van der Waals surface area contributed by atoms with Crippen molar-refractivity contribution in [1.29, 1.82) is 5.26 Å². The number of rotatable bonds is 8. The first-order chi connectivity index (χ1) is 16.6. The van der Waals surface area contributed by atoms with Gasteiger partial charge in [-0.2, -0.15) is 5.26 Å². The van der Waals surface area contributed by atoms with E-state index in [0.717, 1.165) is 36.9 Å². The van der Waals surface area contributed by atoms with Crippen LogP contribution in [0.25, 0.3) is 0 Å². The smallest absolute Gasteiger partial charge is 0.259 e. The second-order valence-electron chi connectivity index (χ2n) is 7.68.